The molecule has 0 N–H and O–H groups in total. The van der Waals surface area contributed by atoms with Gasteiger partial charge in [-0.05, 0) is 30.5 Å². The Labute approximate surface area is 119 Å². The lowest BCUT2D eigenvalue weighted by molar-refractivity contribution is -0.190. The van der Waals surface area contributed by atoms with E-state index >= 15 is 0 Å². The van der Waals surface area contributed by atoms with Crippen LogP contribution in [0.1, 0.15) is 24.8 Å². The van der Waals surface area contributed by atoms with Gasteiger partial charge in [-0.1, -0.05) is 12.1 Å². The summed E-state index contributed by atoms with van der Waals surface area (Å²) in [6, 6.07) is 7.98. The van der Waals surface area contributed by atoms with E-state index in [-0.39, 0.29) is 5.41 Å². The zero-order chi connectivity index (χ0) is 14.1. The zero-order valence-electron chi connectivity index (χ0n) is 11.7. The van der Waals surface area contributed by atoms with E-state index in [1.54, 1.807) is 7.11 Å². The van der Waals surface area contributed by atoms with Crippen LogP contribution in [0.3, 0.4) is 0 Å². The van der Waals surface area contributed by atoms with Gasteiger partial charge in [-0.3, -0.25) is 0 Å². The van der Waals surface area contributed by atoms with Gasteiger partial charge in [-0.2, -0.15) is 0 Å². The summed E-state index contributed by atoms with van der Waals surface area (Å²) in [5.74, 6) is 0.221. The molecule has 4 nitrogen and oxygen atoms in total. The Morgan fingerprint density at radius 3 is 2.50 bits per heavy atom. The molecule has 4 heteroatoms. The van der Waals surface area contributed by atoms with Crippen molar-refractivity contribution in [2.75, 3.05) is 26.9 Å². The number of benzene rings is 1. The van der Waals surface area contributed by atoms with Gasteiger partial charge in [-0.25, -0.2) is 6.57 Å². The van der Waals surface area contributed by atoms with Crippen molar-refractivity contribution >= 4 is 0 Å². The standard InChI is InChI=1S/C16H19NO3/c1-17-12-15(13-4-6-14(18-2)7-5-13)8-3-9-16(15)19-10-11-20-16/h4-7H,3,8-12H2,2H3. The molecule has 20 heavy (non-hydrogen) atoms. The summed E-state index contributed by atoms with van der Waals surface area (Å²) >= 11 is 0. The molecule has 1 atom stereocenters. The highest BCUT2D eigenvalue weighted by Crippen LogP contribution is 2.53. The van der Waals surface area contributed by atoms with Gasteiger partial charge in [0.15, 0.2) is 5.79 Å². The summed E-state index contributed by atoms with van der Waals surface area (Å²) in [5, 5.41) is 0. The first kappa shape index (κ1) is 13.4. The molecule has 1 aromatic carbocycles. The fourth-order valence-corrected chi connectivity index (χ4v) is 3.63. The maximum atomic E-state index is 7.36. The first-order chi connectivity index (χ1) is 9.76. The molecule has 0 radical (unpaired) electrons. The Morgan fingerprint density at radius 1 is 1.20 bits per heavy atom. The molecule has 1 aliphatic heterocycles. The molecule has 0 amide bonds. The second-order valence-electron chi connectivity index (χ2n) is 5.43. The first-order valence-electron chi connectivity index (χ1n) is 7.02. The summed E-state index contributed by atoms with van der Waals surface area (Å²) in [5.41, 5.74) is 0.769. The lowest BCUT2D eigenvalue weighted by atomic mass is 9.74. The van der Waals surface area contributed by atoms with Crippen LogP contribution in [-0.4, -0.2) is 32.7 Å². The van der Waals surface area contributed by atoms with E-state index in [1.165, 1.54) is 0 Å². The van der Waals surface area contributed by atoms with Crippen molar-refractivity contribution < 1.29 is 14.2 Å². The Bertz CT molecular complexity index is 508. The second-order valence-corrected chi connectivity index (χ2v) is 5.43. The minimum atomic E-state index is -0.605. The minimum Gasteiger partial charge on any atom is -0.497 e. The predicted molar refractivity (Wildman–Crippen MR) is 74.6 cm³/mol. The topological polar surface area (TPSA) is 32.0 Å². The summed E-state index contributed by atoms with van der Waals surface area (Å²) < 4.78 is 17.2. The third-order valence-corrected chi connectivity index (χ3v) is 4.58. The molecule has 0 bridgehead atoms. The van der Waals surface area contributed by atoms with Gasteiger partial charge in [0, 0.05) is 6.42 Å². The number of methoxy groups -OCH3 is 1. The van der Waals surface area contributed by atoms with E-state index < -0.39 is 5.79 Å². The highest BCUT2D eigenvalue weighted by atomic mass is 16.7. The van der Waals surface area contributed by atoms with Crippen LogP contribution in [0.5, 0.6) is 5.75 Å². The molecule has 1 unspecified atom stereocenters. The van der Waals surface area contributed by atoms with Crippen molar-refractivity contribution in [3.05, 3.63) is 41.2 Å². The smallest absolute Gasteiger partial charge is 0.229 e. The van der Waals surface area contributed by atoms with E-state index in [1.807, 2.05) is 24.3 Å². The zero-order valence-corrected chi connectivity index (χ0v) is 11.7. The predicted octanol–water partition coefficient (Wildman–Crippen LogP) is 2.78. The van der Waals surface area contributed by atoms with E-state index in [0.717, 1.165) is 30.6 Å². The van der Waals surface area contributed by atoms with Crippen LogP contribution < -0.4 is 4.74 Å². The summed E-state index contributed by atoms with van der Waals surface area (Å²) in [7, 11) is 1.66. The van der Waals surface area contributed by atoms with Crippen molar-refractivity contribution in [3.8, 4) is 5.75 Å². The van der Waals surface area contributed by atoms with Crippen LogP contribution in [0.4, 0.5) is 0 Å². The molecule has 1 saturated carbocycles. The SMILES string of the molecule is [C-]#[N+]CC1(c2ccc(OC)cc2)CCCC12OCCO2. The lowest BCUT2D eigenvalue weighted by Crippen LogP contribution is -2.50. The van der Waals surface area contributed by atoms with Gasteiger partial charge in [0.2, 0.25) is 6.54 Å². The summed E-state index contributed by atoms with van der Waals surface area (Å²) in [6.07, 6.45) is 2.83. The van der Waals surface area contributed by atoms with Crippen LogP contribution in [-0.2, 0) is 14.9 Å². The average Bonchev–Trinajstić information content (AvgIpc) is 3.10. The molecule has 106 valence electrons. The van der Waals surface area contributed by atoms with Crippen LogP contribution in [0.2, 0.25) is 0 Å². The molecule has 1 aromatic rings. The fraction of sp³-hybridized carbons (Fsp3) is 0.562. The van der Waals surface area contributed by atoms with E-state index in [9.17, 15) is 0 Å². The number of ether oxygens (including phenoxy) is 3. The highest BCUT2D eigenvalue weighted by Gasteiger charge is 2.62. The third kappa shape index (κ3) is 1.81. The second kappa shape index (κ2) is 5.08. The summed E-state index contributed by atoms with van der Waals surface area (Å²) in [6.45, 7) is 9.00. The Kier molecular flexibility index (Phi) is 3.41. The van der Waals surface area contributed by atoms with Gasteiger partial charge in [0.25, 0.3) is 0 Å². The van der Waals surface area contributed by atoms with Crippen LogP contribution in [0, 0.1) is 6.57 Å². The van der Waals surface area contributed by atoms with Crippen molar-refractivity contribution in [3.63, 3.8) is 0 Å². The van der Waals surface area contributed by atoms with Gasteiger partial charge < -0.3 is 19.1 Å². The molecule has 0 aromatic heterocycles. The van der Waals surface area contributed by atoms with Crippen LogP contribution >= 0.6 is 0 Å². The van der Waals surface area contributed by atoms with Crippen molar-refractivity contribution in [2.45, 2.75) is 30.5 Å². The molecule has 1 spiro atoms. The van der Waals surface area contributed by atoms with Crippen molar-refractivity contribution in [2.24, 2.45) is 0 Å². The highest BCUT2D eigenvalue weighted by molar-refractivity contribution is 5.37. The van der Waals surface area contributed by atoms with Crippen LogP contribution in [0.15, 0.2) is 24.3 Å². The monoisotopic (exact) mass is 273 g/mol. The van der Waals surface area contributed by atoms with E-state index in [0.29, 0.717) is 19.8 Å². The molecule has 3 rings (SSSR count). The van der Waals surface area contributed by atoms with Crippen LogP contribution in [0.25, 0.3) is 4.85 Å². The van der Waals surface area contributed by atoms with Crippen molar-refractivity contribution in [1.82, 2.24) is 0 Å². The number of hydrogen-bond donors (Lipinski definition) is 0. The molecular weight excluding hydrogens is 254 g/mol. The Hall–Kier alpha value is -1.57. The Balaban J connectivity index is 2.04. The molecule has 1 aliphatic carbocycles. The first-order valence-corrected chi connectivity index (χ1v) is 7.02. The quantitative estimate of drug-likeness (QED) is 0.794. The Morgan fingerprint density at radius 2 is 1.90 bits per heavy atom. The van der Waals surface area contributed by atoms with Gasteiger partial charge in [0.05, 0.1) is 20.3 Å². The number of hydrogen-bond acceptors (Lipinski definition) is 3. The largest absolute Gasteiger partial charge is 0.497 e. The molecule has 2 fully saturated rings. The molecular formula is C16H19NO3. The maximum absolute atomic E-state index is 7.36. The number of rotatable bonds is 3. The summed E-state index contributed by atoms with van der Waals surface area (Å²) in [4.78, 5) is 3.69. The lowest BCUT2D eigenvalue weighted by Gasteiger charge is -2.38. The fourth-order valence-electron chi connectivity index (χ4n) is 3.63. The van der Waals surface area contributed by atoms with Gasteiger partial charge >= 0.3 is 0 Å². The molecule has 1 saturated heterocycles. The van der Waals surface area contributed by atoms with E-state index in [4.69, 9.17) is 20.8 Å². The van der Waals surface area contributed by atoms with Crippen molar-refractivity contribution in [1.29, 1.82) is 0 Å². The molecule has 2 aliphatic rings. The van der Waals surface area contributed by atoms with Gasteiger partial charge in [0.1, 0.15) is 11.2 Å². The molecule has 1 heterocycles. The average molecular weight is 273 g/mol. The normalized spacial score (nSPS) is 27.6. The number of nitrogens with zero attached hydrogens (tertiary/aromatic N) is 1. The third-order valence-electron chi connectivity index (χ3n) is 4.58. The minimum absolute atomic E-state index is 0.350. The van der Waals surface area contributed by atoms with E-state index in [2.05, 4.69) is 4.85 Å². The maximum Gasteiger partial charge on any atom is 0.229 e. The van der Waals surface area contributed by atoms with Gasteiger partial charge in [-0.15, -0.1) is 0 Å².